The van der Waals surface area contributed by atoms with Crippen molar-refractivity contribution in [2.45, 2.75) is 38.8 Å². The van der Waals surface area contributed by atoms with E-state index in [0.29, 0.717) is 11.8 Å². The second-order valence-electron chi connectivity index (χ2n) is 12.3. The molecule has 0 amide bonds. The molecule has 2 aliphatic rings. The van der Waals surface area contributed by atoms with Gasteiger partial charge >= 0.3 is 0 Å². The third kappa shape index (κ3) is 4.39. The van der Waals surface area contributed by atoms with Gasteiger partial charge in [-0.2, -0.15) is 0 Å². The Morgan fingerprint density at radius 2 is 1.58 bits per heavy atom. The van der Waals surface area contributed by atoms with Crippen molar-refractivity contribution in [1.29, 1.82) is 0 Å². The zero-order valence-electron chi connectivity index (χ0n) is 25.0. The van der Waals surface area contributed by atoms with E-state index >= 15 is 0 Å². The highest BCUT2D eigenvalue weighted by Gasteiger charge is 2.41. The Kier molecular flexibility index (Phi) is 6.44. The van der Waals surface area contributed by atoms with Gasteiger partial charge in [-0.25, -0.2) is 9.13 Å². The molecule has 2 heterocycles. The topological polar surface area (TPSA) is 21.3 Å². The maximum absolute atomic E-state index is 5.96. The average molecular weight is 565 g/mol. The van der Waals surface area contributed by atoms with E-state index in [0.717, 1.165) is 44.8 Å². The van der Waals surface area contributed by atoms with Crippen molar-refractivity contribution < 1.29 is 9.30 Å². The summed E-state index contributed by atoms with van der Waals surface area (Å²) in [5.74, 6) is 3.37. The molecule has 6 aromatic rings. The third-order valence-corrected chi connectivity index (χ3v) is 9.91. The molecular formula is C39H38N3O+. The van der Waals surface area contributed by atoms with Crippen LogP contribution in [0.3, 0.4) is 0 Å². The maximum atomic E-state index is 5.96. The van der Waals surface area contributed by atoms with Crippen LogP contribution in [0.2, 0.25) is 0 Å². The number of fused-ring (bicyclic) bond motifs is 7. The summed E-state index contributed by atoms with van der Waals surface area (Å²) in [4.78, 5) is 2.62. The third-order valence-electron chi connectivity index (χ3n) is 9.91. The predicted molar refractivity (Wildman–Crippen MR) is 175 cm³/mol. The van der Waals surface area contributed by atoms with Gasteiger partial charge in [-0.05, 0) is 69.6 Å². The number of imidazole rings is 1. The van der Waals surface area contributed by atoms with Crippen molar-refractivity contribution in [3.05, 3.63) is 137 Å². The minimum absolute atomic E-state index is 0.460. The molecule has 0 unspecified atom stereocenters. The summed E-state index contributed by atoms with van der Waals surface area (Å²) in [6.45, 7) is 6.20. The van der Waals surface area contributed by atoms with Gasteiger partial charge in [0, 0.05) is 32.4 Å². The molecule has 214 valence electrons. The first kappa shape index (κ1) is 26.1. The number of rotatable bonds is 7. The second-order valence-corrected chi connectivity index (χ2v) is 12.3. The smallest absolute Gasteiger partial charge is 0.254 e. The number of nitrogens with zero attached hydrogens (tertiary/aromatic N) is 3. The SMILES string of the molecule is COc1cccc2c1N(CCCn1c(C)[n+](Cc3ccc4ccccc4c3)c3ccccc31)C[C@@H]1Cc3ccccc3[C@H]21. The van der Waals surface area contributed by atoms with Gasteiger partial charge in [-0.1, -0.05) is 84.9 Å². The van der Waals surface area contributed by atoms with Crippen LogP contribution in [0.1, 0.15) is 40.4 Å². The van der Waals surface area contributed by atoms with Gasteiger partial charge in [0.25, 0.3) is 5.82 Å². The lowest BCUT2D eigenvalue weighted by Gasteiger charge is -2.39. The van der Waals surface area contributed by atoms with Crippen molar-refractivity contribution in [1.82, 2.24) is 4.57 Å². The molecule has 2 atom stereocenters. The second kappa shape index (κ2) is 10.6. The Balaban J connectivity index is 1.07. The van der Waals surface area contributed by atoms with E-state index in [4.69, 9.17) is 4.74 Å². The quantitative estimate of drug-likeness (QED) is 0.186. The van der Waals surface area contributed by atoms with Crippen molar-refractivity contribution in [3.8, 4) is 5.75 Å². The molecule has 43 heavy (non-hydrogen) atoms. The Hall–Kier alpha value is -4.57. The zero-order valence-corrected chi connectivity index (χ0v) is 25.0. The molecule has 0 saturated heterocycles. The van der Waals surface area contributed by atoms with Gasteiger partial charge < -0.3 is 9.64 Å². The van der Waals surface area contributed by atoms with Crippen LogP contribution in [0.15, 0.2) is 109 Å². The first-order valence-electron chi connectivity index (χ1n) is 15.6. The van der Waals surface area contributed by atoms with E-state index in [-0.39, 0.29) is 0 Å². The minimum atomic E-state index is 0.460. The van der Waals surface area contributed by atoms with Crippen LogP contribution in [0.4, 0.5) is 5.69 Å². The number of para-hydroxylation sites is 3. The lowest BCUT2D eigenvalue weighted by molar-refractivity contribution is -0.669. The van der Waals surface area contributed by atoms with Crippen LogP contribution in [0.5, 0.6) is 5.75 Å². The van der Waals surface area contributed by atoms with Gasteiger partial charge in [-0.3, -0.25) is 0 Å². The summed E-state index contributed by atoms with van der Waals surface area (Å²) in [5.41, 5.74) is 9.68. The van der Waals surface area contributed by atoms with E-state index in [1.165, 1.54) is 55.6 Å². The van der Waals surface area contributed by atoms with Crippen LogP contribution >= 0.6 is 0 Å². The summed E-state index contributed by atoms with van der Waals surface area (Å²) in [5, 5.41) is 2.59. The first-order valence-corrected chi connectivity index (χ1v) is 15.6. The molecule has 1 aromatic heterocycles. The fraction of sp³-hybridized carbons (Fsp3) is 0.256. The molecule has 1 aliphatic heterocycles. The number of hydrogen-bond acceptors (Lipinski definition) is 2. The van der Waals surface area contributed by atoms with E-state index in [9.17, 15) is 0 Å². The van der Waals surface area contributed by atoms with Crippen LogP contribution < -0.4 is 14.2 Å². The Morgan fingerprint density at radius 3 is 2.49 bits per heavy atom. The highest BCUT2D eigenvalue weighted by atomic mass is 16.5. The van der Waals surface area contributed by atoms with E-state index in [1.807, 2.05) is 7.11 Å². The number of hydrogen-bond donors (Lipinski definition) is 0. The largest absolute Gasteiger partial charge is 0.495 e. The van der Waals surface area contributed by atoms with E-state index < -0.39 is 0 Å². The Bertz CT molecular complexity index is 1970. The van der Waals surface area contributed by atoms with Gasteiger partial charge in [0.05, 0.1) is 19.3 Å². The molecule has 0 saturated carbocycles. The first-order chi connectivity index (χ1) is 21.2. The molecule has 4 heteroatoms. The van der Waals surface area contributed by atoms with Crippen LogP contribution in [-0.2, 0) is 19.5 Å². The number of ether oxygens (including phenoxy) is 1. The summed E-state index contributed by atoms with van der Waals surface area (Å²) < 4.78 is 11.0. The number of benzene rings is 5. The number of methoxy groups -OCH3 is 1. The summed E-state index contributed by atoms with van der Waals surface area (Å²) >= 11 is 0. The van der Waals surface area contributed by atoms with Crippen LogP contribution in [0, 0.1) is 12.8 Å². The minimum Gasteiger partial charge on any atom is -0.495 e. The zero-order chi connectivity index (χ0) is 28.9. The lowest BCUT2D eigenvalue weighted by atomic mass is 9.81. The monoisotopic (exact) mass is 564 g/mol. The average Bonchev–Trinajstić information content (AvgIpc) is 3.55. The summed E-state index contributed by atoms with van der Waals surface area (Å²) in [6, 6.07) is 40.1. The Morgan fingerprint density at radius 1 is 0.791 bits per heavy atom. The standard InChI is InChI=1S/C39H38N3O/c1-27-41(35-16-7-8-17-36(35)42(27)25-28-19-20-29-11-3-4-12-30(29)23-28)22-10-21-40-26-32-24-31-13-5-6-14-33(31)38(32)34-15-9-18-37(43-2)39(34)40/h3-9,11-20,23,32,38H,10,21-22,24-26H2,1-2H3/q+1/t32-,38+/m0/s1. The molecule has 5 aromatic carbocycles. The number of anilines is 1. The van der Waals surface area contributed by atoms with Gasteiger partial charge in [0.2, 0.25) is 0 Å². The highest BCUT2D eigenvalue weighted by molar-refractivity contribution is 5.83. The van der Waals surface area contributed by atoms with Crippen molar-refractivity contribution in [3.63, 3.8) is 0 Å². The van der Waals surface area contributed by atoms with Gasteiger partial charge in [0.1, 0.15) is 12.3 Å². The normalized spacial score (nSPS) is 17.2. The molecule has 1 aliphatic carbocycles. The number of aromatic nitrogens is 2. The lowest BCUT2D eigenvalue weighted by Crippen LogP contribution is -2.38. The highest BCUT2D eigenvalue weighted by Crippen LogP contribution is 2.51. The molecule has 0 N–H and O–H groups in total. The molecule has 0 spiro atoms. The fourth-order valence-electron chi connectivity index (χ4n) is 7.98. The molecule has 8 rings (SSSR count). The molecule has 0 radical (unpaired) electrons. The number of aryl methyl sites for hydroxylation is 1. The van der Waals surface area contributed by atoms with Crippen LogP contribution in [0.25, 0.3) is 21.8 Å². The van der Waals surface area contributed by atoms with Crippen molar-refractivity contribution in [2.24, 2.45) is 5.92 Å². The van der Waals surface area contributed by atoms with Crippen molar-refractivity contribution in [2.75, 3.05) is 25.1 Å². The van der Waals surface area contributed by atoms with Crippen LogP contribution in [-0.4, -0.2) is 24.8 Å². The molecule has 0 fully saturated rings. The maximum Gasteiger partial charge on any atom is 0.254 e. The molecule has 0 bridgehead atoms. The Labute approximate surface area is 253 Å². The summed E-state index contributed by atoms with van der Waals surface area (Å²) in [7, 11) is 1.81. The summed E-state index contributed by atoms with van der Waals surface area (Å²) in [6.07, 6.45) is 2.22. The fourth-order valence-corrected chi connectivity index (χ4v) is 7.98. The van der Waals surface area contributed by atoms with Crippen molar-refractivity contribution >= 4 is 27.5 Å². The van der Waals surface area contributed by atoms with Gasteiger partial charge in [-0.15, -0.1) is 0 Å². The van der Waals surface area contributed by atoms with Gasteiger partial charge in [0.15, 0.2) is 11.0 Å². The molecular weight excluding hydrogens is 526 g/mol. The van der Waals surface area contributed by atoms with E-state index in [2.05, 4.69) is 130 Å². The molecule has 4 nitrogen and oxygen atoms in total. The predicted octanol–water partition coefficient (Wildman–Crippen LogP) is 7.66. The van der Waals surface area contributed by atoms with E-state index in [1.54, 1.807) is 0 Å².